The molecule has 1 aliphatic heterocycles. The Labute approximate surface area is 123 Å². The fraction of sp³-hybridized carbons (Fsp3) is 0.400. The number of halogens is 1. The van der Waals surface area contributed by atoms with Crippen LogP contribution in [-0.4, -0.2) is 29.0 Å². The van der Waals surface area contributed by atoms with Crippen molar-refractivity contribution in [2.75, 3.05) is 13.1 Å². The summed E-state index contributed by atoms with van der Waals surface area (Å²) in [6, 6.07) is 7.86. The third-order valence-electron chi connectivity index (χ3n) is 3.56. The standard InChI is InChI=1S/C15H18ClN3O/c16-12-4-1-3-11(7-12)14-8-18-15(20-14)10-19-6-2-5-13(17)9-19/h1,3-4,7-8,13H,2,5-6,9-10,17H2. The number of hydrogen-bond acceptors (Lipinski definition) is 4. The predicted octanol–water partition coefficient (Wildman–Crippen LogP) is 2.92. The topological polar surface area (TPSA) is 55.3 Å². The molecule has 1 atom stereocenters. The van der Waals surface area contributed by atoms with Gasteiger partial charge in [-0.05, 0) is 31.5 Å². The molecule has 1 saturated heterocycles. The first-order chi connectivity index (χ1) is 9.70. The fourth-order valence-electron chi connectivity index (χ4n) is 2.58. The van der Waals surface area contributed by atoms with Gasteiger partial charge in [-0.2, -0.15) is 0 Å². The minimum atomic E-state index is 0.270. The van der Waals surface area contributed by atoms with Crippen molar-refractivity contribution in [3.05, 3.63) is 41.4 Å². The van der Waals surface area contributed by atoms with E-state index in [1.54, 1.807) is 6.20 Å². The van der Waals surface area contributed by atoms with E-state index in [9.17, 15) is 0 Å². The molecule has 5 heteroatoms. The molecule has 1 aromatic carbocycles. The van der Waals surface area contributed by atoms with E-state index in [1.807, 2.05) is 24.3 Å². The molecule has 3 rings (SSSR count). The lowest BCUT2D eigenvalue weighted by Gasteiger charge is -2.29. The van der Waals surface area contributed by atoms with E-state index in [0.717, 1.165) is 43.1 Å². The van der Waals surface area contributed by atoms with Gasteiger partial charge in [-0.25, -0.2) is 4.98 Å². The van der Waals surface area contributed by atoms with Crippen molar-refractivity contribution >= 4 is 11.6 Å². The number of aromatic nitrogens is 1. The second-order valence-corrected chi connectivity index (χ2v) is 5.70. The van der Waals surface area contributed by atoms with Crippen LogP contribution in [0.2, 0.25) is 5.02 Å². The zero-order valence-corrected chi connectivity index (χ0v) is 12.0. The summed E-state index contributed by atoms with van der Waals surface area (Å²) in [5, 5.41) is 0.697. The first-order valence-corrected chi connectivity index (χ1v) is 7.27. The van der Waals surface area contributed by atoms with Gasteiger partial charge in [0, 0.05) is 23.2 Å². The Kier molecular flexibility index (Phi) is 4.05. The molecule has 0 aliphatic carbocycles. The minimum absolute atomic E-state index is 0.270. The van der Waals surface area contributed by atoms with Crippen LogP contribution in [0.5, 0.6) is 0 Å². The average molecular weight is 292 g/mol. The molecule has 0 saturated carbocycles. The molecule has 0 radical (unpaired) electrons. The number of hydrogen-bond donors (Lipinski definition) is 1. The highest BCUT2D eigenvalue weighted by molar-refractivity contribution is 6.30. The Balaban J connectivity index is 1.70. The smallest absolute Gasteiger partial charge is 0.209 e. The number of nitrogens with zero attached hydrogens (tertiary/aromatic N) is 2. The monoisotopic (exact) mass is 291 g/mol. The predicted molar refractivity (Wildman–Crippen MR) is 79.4 cm³/mol. The number of nitrogens with two attached hydrogens (primary N) is 1. The lowest BCUT2D eigenvalue weighted by atomic mass is 10.1. The summed E-state index contributed by atoms with van der Waals surface area (Å²) in [5.41, 5.74) is 6.93. The van der Waals surface area contributed by atoms with Gasteiger partial charge in [-0.15, -0.1) is 0 Å². The van der Waals surface area contributed by atoms with E-state index < -0.39 is 0 Å². The summed E-state index contributed by atoms with van der Waals surface area (Å²) in [6.07, 6.45) is 4.00. The molecule has 2 aromatic rings. The van der Waals surface area contributed by atoms with Gasteiger partial charge in [0.1, 0.15) is 0 Å². The SMILES string of the molecule is NC1CCCN(Cc2ncc(-c3cccc(Cl)c3)o2)C1. The van der Waals surface area contributed by atoms with Gasteiger partial charge in [-0.3, -0.25) is 4.90 Å². The van der Waals surface area contributed by atoms with Crippen LogP contribution in [0.25, 0.3) is 11.3 Å². The fourth-order valence-corrected chi connectivity index (χ4v) is 2.78. The van der Waals surface area contributed by atoms with E-state index in [2.05, 4.69) is 9.88 Å². The molecule has 0 bridgehead atoms. The highest BCUT2D eigenvalue weighted by Gasteiger charge is 2.18. The van der Waals surface area contributed by atoms with Gasteiger partial charge in [0.2, 0.25) is 5.89 Å². The lowest BCUT2D eigenvalue weighted by Crippen LogP contribution is -2.42. The van der Waals surface area contributed by atoms with Crippen LogP contribution >= 0.6 is 11.6 Å². The average Bonchev–Trinajstić information content (AvgIpc) is 2.87. The molecule has 4 nitrogen and oxygen atoms in total. The molecule has 20 heavy (non-hydrogen) atoms. The van der Waals surface area contributed by atoms with Gasteiger partial charge < -0.3 is 10.2 Å². The van der Waals surface area contributed by atoms with Crippen molar-refractivity contribution in [2.45, 2.75) is 25.4 Å². The molecule has 106 valence electrons. The molecule has 1 fully saturated rings. The summed E-state index contributed by atoms with van der Waals surface area (Å²) < 4.78 is 5.81. The van der Waals surface area contributed by atoms with Gasteiger partial charge in [0.25, 0.3) is 0 Å². The van der Waals surface area contributed by atoms with Gasteiger partial charge in [0.05, 0.1) is 12.7 Å². The zero-order chi connectivity index (χ0) is 13.9. The highest BCUT2D eigenvalue weighted by Crippen LogP contribution is 2.24. The third-order valence-corrected chi connectivity index (χ3v) is 3.80. The number of piperidine rings is 1. The van der Waals surface area contributed by atoms with Crippen LogP contribution in [0.4, 0.5) is 0 Å². The normalized spacial score (nSPS) is 20.2. The molecule has 2 N–H and O–H groups in total. The third kappa shape index (κ3) is 3.20. The summed E-state index contributed by atoms with van der Waals surface area (Å²) in [7, 11) is 0. The maximum absolute atomic E-state index is 5.99. The molecule has 1 aliphatic rings. The van der Waals surface area contributed by atoms with Crippen molar-refractivity contribution in [2.24, 2.45) is 5.73 Å². The molecular weight excluding hydrogens is 274 g/mol. The van der Waals surface area contributed by atoms with Crippen molar-refractivity contribution in [1.82, 2.24) is 9.88 Å². The first kappa shape index (κ1) is 13.6. The first-order valence-electron chi connectivity index (χ1n) is 6.89. The summed E-state index contributed by atoms with van der Waals surface area (Å²) >= 11 is 5.99. The molecule has 1 unspecified atom stereocenters. The van der Waals surface area contributed by atoms with E-state index in [4.69, 9.17) is 21.8 Å². The van der Waals surface area contributed by atoms with E-state index in [-0.39, 0.29) is 6.04 Å². The molecule has 0 amide bonds. The molecule has 1 aromatic heterocycles. The Hall–Kier alpha value is -1.36. The number of likely N-dealkylation sites (tertiary alicyclic amines) is 1. The van der Waals surface area contributed by atoms with E-state index in [0.29, 0.717) is 11.6 Å². The maximum Gasteiger partial charge on any atom is 0.209 e. The largest absolute Gasteiger partial charge is 0.439 e. The van der Waals surface area contributed by atoms with Crippen molar-refractivity contribution in [3.63, 3.8) is 0 Å². The Morgan fingerprint density at radius 2 is 2.35 bits per heavy atom. The zero-order valence-electron chi connectivity index (χ0n) is 11.3. The second-order valence-electron chi connectivity index (χ2n) is 5.27. The lowest BCUT2D eigenvalue weighted by molar-refractivity contribution is 0.185. The Morgan fingerprint density at radius 3 is 3.15 bits per heavy atom. The highest BCUT2D eigenvalue weighted by atomic mass is 35.5. The Morgan fingerprint density at radius 1 is 1.45 bits per heavy atom. The maximum atomic E-state index is 5.99. The van der Waals surface area contributed by atoms with Crippen molar-refractivity contribution in [3.8, 4) is 11.3 Å². The number of oxazole rings is 1. The van der Waals surface area contributed by atoms with Crippen LogP contribution in [0.1, 0.15) is 18.7 Å². The van der Waals surface area contributed by atoms with Gasteiger partial charge in [-0.1, -0.05) is 23.7 Å². The Bertz CT molecular complexity index is 584. The number of rotatable bonds is 3. The van der Waals surface area contributed by atoms with Crippen LogP contribution in [0, 0.1) is 0 Å². The minimum Gasteiger partial charge on any atom is -0.439 e. The molecule has 2 heterocycles. The molecular formula is C15H18ClN3O. The van der Waals surface area contributed by atoms with Crippen LogP contribution in [0.3, 0.4) is 0 Å². The van der Waals surface area contributed by atoms with Crippen molar-refractivity contribution < 1.29 is 4.42 Å². The van der Waals surface area contributed by atoms with Gasteiger partial charge in [0.15, 0.2) is 5.76 Å². The van der Waals surface area contributed by atoms with Crippen LogP contribution < -0.4 is 5.73 Å². The quantitative estimate of drug-likeness (QED) is 0.945. The van der Waals surface area contributed by atoms with Gasteiger partial charge >= 0.3 is 0 Å². The summed E-state index contributed by atoms with van der Waals surface area (Å²) in [5.74, 6) is 1.48. The van der Waals surface area contributed by atoms with E-state index >= 15 is 0 Å². The van der Waals surface area contributed by atoms with Crippen LogP contribution in [0.15, 0.2) is 34.9 Å². The van der Waals surface area contributed by atoms with Crippen LogP contribution in [-0.2, 0) is 6.54 Å². The van der Waals surface area contributed by atoms with Crippen molar-refractivity contribution in [1.29, 1.82) is 0 Å². The number of benzene rings is 1. The summed E-state index contributed by atoms with van der Waals surface area (Å²) in [4.78, 5) is 6.64. The second kappa shape index (κ2) is 5.95. The molecule has 0 spiro atoms. The van der Waals surface area contributed by atoms with E-state index in [1.165, 1.54) is 0 Å². The summed E-state index contributed by atoms with van der Waals surface area (Å²) in [6.45, 7) is 2.69.